The molecule has 126 valence electrons. The number of nitrogens with one attached hydrogen (secondary N) is 2. The molecule has 0 bridgehead atoms. The average Bonchev–Trinajstić information content (AvgIpc) is 3.20. The molecule has 3 heterocycles. The lowest BCUT2D eigenvalue weighted by Crippen LogP contribution is -2.26. The van der Waals surface area contributed by atoms with Crippen molar-refractivity contribution in [2.75, 3.05) is 18.3 Å². The Hall–Kier alpha value is -1.95. The van der Waals surface area contributed by atoms with E-state index < -0.39 is 0 Å². The van der Waals surface area contributed by atoms with Crippen molar-refractivity contribution in [2.24, 2.45) is 0 Å². The SMILES string of the molecule is CN1CCc2c([nH]c3cccc(NSc4csc5ccccc45)c23)C1. The van der Waals surface area contributed by atoms with E-state index >= 15 is 0 Å². The van der Waals surface area contributed by atoms with Gasteiger partial charge >= 0.3 is 0 Å². The van der Waals surface area contributed by atoms with Crippen molar-refractivity contribution in [1.82, 2.24) is 9.88 Å². The molecule has 0 aliphatic carbocycles. The lowest BCUT2D eigenvalue weighted by atomic mass is 10.0. The van der Waals surface area contributed by atoms with Gasteiger partial charge in [-0.1, -0.05) is 24.3 Å². The minimum atomic E-state index is 1.01. The third-order valence-corrected chi connectivity index (χ3v) is 6.90. The van der Waals surface area contributed by atoms with E-state index in [1.165, 1.54) is 42.8 Å². The molecule has 2 aromatic heterocycles. The second kappa shape index (κ2) is 6.09. The van der Waals surface area contributed by atoms with Crippen molar-refractivity contribution in [3.63, 3.8) is 0 Å². The van der Waals surface area contributed by atoms with Crippen LogP contribution in [0.4, 0.5) is 5.69 Å². The molecule has 25 heavy (non-hydrogen) atoms. The monoisotopic (exact) mass is 365 g/mol. The fourth-order valence-electron chi connectivity index (χ4n) is 3.66. The first kappa shape index (κ1) is 15.3. The highest BCUT2D eigenvalue weighted by molar-refractivity contribution is 8.01. The molecule has 0 spiro atoms. The average molecular weight is 366 g/mol. The van der Waals surface area contributed by atoms with Crippen LogP contribution >= 0.6 is 23.3 Å². The van der Waals surface area contributed by atoms with Gasteiger partial charge in [0.05, 0.1) is 5.69 Å². The fourth-order valence-corrected chi connectivity index (χ4v) is 5.56. The summed E-state index contributed by atoms with van der Waals surface area (Å²) in [6.07, 6.45) is 1.11. The Morgan fingerprint density at radius 3 is 3.04 bits per heavy atom. The maximum Gasteiger partial charge on any atom is 0.0540 e. The molecule has 0 amide bonds. The molecule has 0 saturated heterocycles. The van der Waals surface area contributed by atoms with E-state index in [-0.39, 0.29) is 0 Å². The molecule has 5 rings (SSSR count). The molecule has 1 aliphatic rings. The van der Waals surface area contributed by atoms with Crippen LogP contribution < -0.4 is 4.72 Å². The van der Waals surface area contributed by atoms with Crippen molar-refractivity contribution >= 4 is 50.0 Å². The van der Waals surface area contributed by atoms with Crippen LogP contribution in [0.3, 0.4) is 0 Å². The molecule has 5 heteroatoms. The molecular formula is C20H19N3S2. The van der Waals surface area contributed by atoms with Crippen LogP contribution in [0.5, 0.6) is 0 Å². The van der Waals surface area contributed by atoms with Crippen LogP contribution in [0.15, 0.2) is 52.7 Å². The number of H-pyrrole nitrogens is 1. The van der Waals surface area contributed by atoms with Crippen molar-refractivity contribution in [3.8, 4) is 0 Å². The van der Waals surface area contributed by atoms with Crippen LogP contribution in [-0.2, 0) is 13.0 Å². The lowest BCUT2D eigenvalue weighted by molar-refractivity contribution is 0.310. The number of nitrogens with zero attached hydrogens (tertiary/aromatic N) is 1. The van der Waals surface area contributed by atoms with Crippen molar-refractivity contribution < 1.29 is 0 Å². The molecule has 3 nitrogen and oxygen atoms in total. The molecule has 0 unspecified atom stereocenters. The molecule has 0 fully saturated rings. The summed E-state index contributed by atoms with van der Waals surface area (Å²) in [5.74, 6) is 0. The predicted octanol–water partition coefficient (Wildman–Crippen LogP) is 5.49. The Kier molecular flexibility index (Phi) is 3.73. The Morgan fingerprint density at radius 2 is 2.08 bits per heavy atom. The van der Waals surface area contributed by atoms with E-state index in [0.717, 1.165) is 19.5 Å². The third kappa shape index (κ3) is 2.63. The molecule has 1 aliphatic heterocycles. The summed E-state index contributed by atoms with van der Waals surface area (Å²) in [6, 6.07) is 15.1. The zero-order chi connectivity index (χ0) is 16.8. The zero-order valence-corrected chi connectivity index (χ0v) is 15.6. The number of rotatable bonds is 3. The van der Waals surface area contributed by atoms with Gasteiger partial charge in [-0.3, -0.25) is 0 Å². The number of thiophene rings is 1. The van der Waals surface area contributed by atoms with E-state index in [9.17, 15) is 0 Å². The summed E-state index contributed by atoms with van der Waals surface area (Å²) in [5.41, 5.74) is 5.29. The molecule has 0 atom stereocenters. The highest BCUT2D eigenvalue weighted by Gasteiger charge is 2.20. The lowest BCUT2D eigenvalue weighted by Gasteiger charge is -2.22. The summed E-state index contributed by atoms with van der Waals surface area (Å²) in [4.78, 5) is 7.29. The third-order valence-electron chi connectivity index (χ3n) is 4.90. The van der Waals surface area contributed by atoms with E-state index in [1.807, 2.05) is 0 Å². The number of aromatic nitrogens is 1. The molecule has 4 aromatic rings. The van der Waals surface area contributed by atoms with E-state index in [1.54, 1.807) is 23.3 Å². The first-order valence-corrected chi connectivity index (χ1v) is 10.2. The van der Waals surface area contributed by atoms with Gasteiger partial charge in [0.2, 0.25) is 0 Å². The number of hydrogen-bond acceptors (Lipinski definition) is 4. The number of likely N-dealkylation sites (N-methyl/N-ethyl adjacent to an activating group) is 1. The van der Waals surface area contributed by atoms with Crippen molar-refractivity contribution in [3.05, 3.63) is 59.1 Å². The largest absolute Gasteiger partial charge is 0.357 e. The Bertz CT molecular complexity index is 1060. The van der Waals surface area contributed by atoms with Gasteiger partial charge in [0, 0.05) is 50.0 Å². The van der Waals surface area contributed by atoms with E-state index in [4.69, 9.17) is 0 Å². The van der Waals surface area contributed by atoms with Gasteiger partial charge in [-0.05, 0) is 49.2 Å². The summed E-state index contributed by atoms with van der Waals surface area (Å²) >= 11 is 3.52. The van der Waals surface area contributed by atoms with Crippen LogP contribution in [0.1, 0.15) is 11.3 Å². The van der Waals surface area contributed by atoms with Gasteiger partial charge in [-0.15, -0.1) is 11.3 Å². The Labute approximate surface area is 155 Å². The van der Waals surface area contributed by atoms with Crippen LogP contribution in [0.2, 0.25) is 0 Å². The maximum absolute atomic E-state index is 3.62. The Morgan fingerprint density at radius 1 is 1.16 bits per heavy atom. The zero-order valence-electron chi connectivity index (χ0n) is 14.0. The first-order chi connectivity index (χ1) is 12.3. The minimum absolute atomic E-state index is 1.01. The number of benzene rings is 2. The number of anilines is 1. The highest BCUT2D eigenvalue weighted by atomic mass is 32.2. The number of aromatic amines is 1. The molecule has 2 aromatic carbocycles. The van der Waals surface area contributed by atoms with E-state index in [2.05, 4.69) is 69.5 Å². The summed E-state index contributed by atoms with van der Waals surface area (Å²) in [7, 11) is 2.19. The number of fused-ring (bicyclic) bond motifs is 4. The standard InChI is InChI=1S/C20H19N3S2/c1-23-10-9-13-17(11-23)21-15-6-4-7-16(20(13)15)22-25-19-12-24-18-8-3-2-5-14(18)19/h2-8,12,21-22H,9-11H2,1H3. The molecular weight excluding hydrogens is 346 g/mol. The number of hydrogen-bond donors (Lipinski definition) is 2. The second-order valence-corrected chi connectivity index (χ2v) is 8.36. The molecule has 0 saturated carbocycles. The van der Waals surface area contributed by atoms with Gasteiger partial charge < -0.3 is 14.6 Å². The summed E-state index contributed by atoms with van der Waals surface area (Å²) in [5, 5.41) is 4.93. The second-order valence-electron chi connectivity index (χ2n) is 6.60. The minimum Gasteiger partial charge on any atom is -0.357 e. The predicted molar refractivity (Wildman–Crippen MR) is 110 cm³/mol. The summed E-state index contributed by atoms with van der Waals surface area (Å²) < 4.78 is 4.96. The molecule has 0 radical (unpaired) electrons. The quantitative estimate of drug-likeness (QED) is 0.471. The normalized spacial score (nSPS) is 14.9. The fraction of sp³-hybridized carbons (Fsp3) is 0.200. The van der Waals surface area contributed by atoms with Gasteiger partial charge in [0.15, 0.2) is 0 Å². The first-order valence-electron chi connectivity index (χ1n) is 8.49. The smallest absolute Gasteiger partial charge is 0.0540 e. The van der Waals surface area contributed by atoms with Gasteiger partial charge in [0.1, 0.15) is 0 Å². The maximum atomic E-state index is 3.62. The van der Waals surface area contributed by atoms with Gasteiger partial charge in [-0.2, -0.15) is 0 Å². The summed E-state index contributed by atoms with van der Waals surface area (Å²) in [6.45, 7) is 2.13. The van der Waals surface area contributed by atoms with Crippen LogP contribution in [-0.4, -0.2) is 23.5 Å². The van der Waals surface area contributed by atoms with Gasteiger partial charge in [0.25, 0.3) is 0 Å². The topological polar surface area (TPSA) is 31.1 Å². The van der Waals surface area contributed by atoms with Crippen molar-refractivity contribution in [1.29, 1.82) is 0 Å². The van der Waals surface area contributed by atoms with Crippen LogP contribution in [0, 0.1) is 0 Å². The Balaban J connectivity index is 1.51. The van der Waals surface area contributed by atoms with Crippen LogP contribution in [0.25, 0.3) is 21.0 Å². The molecule has 2 N–H and O–H groups in total. The highest BCUT2D eigenvalue weighted by Crippen LogP contribution is 2.37. The van der Waals surface area contributed by atoms with Crippen molar-refractivity contribution in [2.45, 2.75) is 17.9 Å². The van der Waals surface area contributed by atoms with Gasteiger partial charge in [-0.25, -0.2) is 0 Å². The van der Waals surface area contributed by atoms with E-state index in [0.29, 0.717) is 0 Å².